The van der Waals surface area contributed by atoms with Crippen molar-refractivity contribution < 1.29 is 40.3 Å². The topological polar surface area (TPSA) is 46.2 Å². The van der Waals surface area contributed by atoms with Gasteiger partial charge in [-0.05, 0) is 42.2 Å². The number of amides is 1. The number of hydrogen-bond donors (Lipinski definition) is 1. The van der Waals surface area contributed by atoms with Crippen LogP contribution in [0.3, 0.4) is 0 Å². The van der Waals surface area contributed by atoms with E-state index in [1.807, 2.05) is 0 Å². The van der Waals surface area contributed by atoms with Gasteiger partial charge in [-0.25, -0.2) is 4.39 Å². The molecule has 0 aliphatic heterocycles. The monoisotopic (exact) mass is 631 g/mol. The zero-order valence-electron chi connectivity index (χ0n) is 20.8. The summed E-state index contributed by atoms with van der Waals surface area (Å²) in [5, 5.41) is 1.76. The Balaban J connectivity index is 1.89. The Kier molecular flexibility index (Phi) is 10.2. The van der Waals surface area contributed by atoms with Crippen molar-refractivity contribution in [3.8, 4) is 0 Å². The van der Waals surface area contributed by atoms with Crippen LogP contribution in [0.5, 0.6) is 0 Å². The zero-order valence-corrected chi connectivity index (χ0v) is 23.1. The van der Waals surface area contributed by atoms with Crippen molar-refractivity contribution in [3.63, 3.8) is 0 Å². The van der Waals surface area contributed by atoms with Gasteiger partial charge < -0.3 is 5.32 Å². The number of carbonyl (C=O) groups excluding carboxylic acids is 2. The molecule has 40 heavy (non-hydrogen) atoms. The number of Topliss-reactive ketones (excluding diaryl/α,β-unsaturated/α-hetero) is 1. The summed E-state index contributed by atoms with van der Waals surface area (Å²) in [5.41, 5.74) is -3.80. The molecule has 1 amide bonds. The molecule has 3 nitrogen and oxygen atoms in total. The number of benzene rings is 2. The number of allylic oxidation sites excluding steroid dienone is 1. The molecule has 2 aromatic rings. The SMILES string of the molecule is C[C@@H](CC(=O)c1ccc(/C(F)=C/C(c2cc(Cl)c(Cl)c(Cl)c2)C(F)(F)F)cc1C(F)(F)F)C(=O)NCCC1CC1. The van der Waals surface area contributed by atoms with Gasteiger partial charge in [0.25, 0.3) is 0 Å². The van der Waals surface area contributed by atoms with Crippen molar-refractivity contribution in [1.82, 2.24) is 5.32 Å². The minimum Gasteiger partial charge on any atom is -0.356 e. The first-order chi connectivity index (χ1) is 18.5. The Bertz CT molecular complexity index is 1280. The van der Waals surface area contributed by atoms with Crippen molar-refractivity contribution in [1.29, 1.82) is 0 Å². The third-order valence-corrected chi connectivity index (χ3v) is 7.62. The molecular weight excluding hydrogens is 610 g/mol. The second-order valence-corrected chi connectivity index (χ2v) is 10.8. The molecule has 0 saturated heterocycles. The number of hydrogen-bond acceptors (Lipinski definition) is 2. The molecule has 0 radical (unpaired) electrons. The van der Waals surface area contributed by atoms with E-state index >= 15 is 4.39 Å². The minimum atomic E-state index is -5.14. The lowest BCUT2D eigenvalue weighted by atomic mass is 9.92. The van der Waals surface area contributed by atoms with Crippen LogP contribution < -0.4 is 5.32 Å². The second kappa shape index (κ2) is 12.7. The molecule has 2 atom stereocenters. The number of halogens is 10. The van der Waals surface area contributed by atoms with Crippen LogP contribution in [-0.4, -0.2) is 24.4 Å². The van der Waals surface area contributed by atoms with E-state index < -0.39 is 70.4 Å². The normalized spacial score (nSPS) is 16.0. The van der Waals surface area contributed by atoms with Crippen LogP contribution in [0.25, 0.3) is 5.83 Å². The molecule has 1 fully saturated rings. The van der Waals surface area contributed by atoms with Gasteiger partial charge in [0.05, 0.1) is 20.6 Å². The van der Waals surface area contributed by atoms with Gasteiger partial charge in [-0.2, -0.15) is 26.3 Å². The van der Waals surface area contributed by atoms with Gasteiger partial charge in [-0.3, -0.25) is 9.59 Å². The van der Waals surface area contributed by atoms with Crippen LogP contribution >= 0.6 is 34.8 Å². The van der Waals surface area contributed by atoms with Crippen LogP contribution in [0, 0.1) is 11.8 Å². The number of ketones is 1. The Morgan fingerprint density at radius 1 is 1.02 bits per heavy atom. The van der Waals surface area contributed by atoms with Gasteiger partial charge >= 0.3 is 12.4 Å². The number of alkyl halides is 6. The van der Waals surface area contributed by atoms with Gasteiger partial charge in [0.1, 0.15) is 11.7 Å². The highest BCUT2D eigenvalue weighted by Crippen LogP contribution is 2.43. The van der Waals surface area contributed by atoms with Gasteiger partial charge in [0.15, 0.2) is 5.78 Å². The quantitative estimate of drug-likeness (QED) is 0.161. The van der Waals surface area contributed by atoms with Gasteiger partial charge in [-0.15, -0.1) is 0 Å². The molecule has 1 unspecified atom stereocenters. The maximum atomic E-state index is 15.0. The summed E-state index contributed by atoms with van der Waals surface area (Å²) in [7, 11) is 0. The molecule has 218 valence electrons. The Hall–Kier alpha value is -2.30. The number of rotatable bonds is 10. The zero-order chi connectivity index (χ0) is 30.0. The molecule has 2 aromatic carbocycles. The van der Waals surface area contributed by atoms with Gasteiger partial charge in [0.2, 0.25) is 5.91 Å². The van der Waals surface area contributed by atoms with Crippen LogP contribution in [-0.2, 0) is 11.0 Å². The van der Waals surface area contributed by atoms with Crippen molar-refractivity contribution in [2.45, 2.75) is 50.9 Å². The summed E-state index contributed by atoms with van der Waals surface area (Å²) in [4.78, 5) is 25.0. The third-order valence-electron chi connectivity index (χ3n) is 6.42. The lowest BCUT2D eigenvalue weighted by Crippen LogP contribution is -2.31. The highest BCUT2D eigenvalue weighted by Gasteiger charge is 2.41. The van der Waals surface area contributed by atoms with E-state index in [4.69, 9.17) is 34.8 Å². The van der Waals surface area contributed by atoms with Crippen LogP contribution in [0.1, 0.15) is 65.6 Å². The van der Waals surface area contributed by atoms with E-state index in [9.17, 15) is 35.9 Å². The first kappa shape index (κ1) is 32.2. The molecule has 1 saturated carbocycles. The van der Waals surface area contributed by atoms with Crippen molar-refractivity contribution in [2.24, 2.45) is 11.8 Å². The second-order valence-electron chi connectivity index (χ2n) is 9.64. The van der Waals surface area contributed by atoms with E-state index in [1.54, 1.807) is 0 Å². The van der Waals surface area contributed by atoms with Crippen molar-refractivity contribution in [2.75, 3.05) is 6.54 Å². The summed E-state index contributed by atoms with van der Waals surface area (Å²) >= 11 is 17.4. The van der Waals surface area contributed by atoms with E-state index in [0.29, 0.717) is 18.5 Å². The molecule has 0 spiro atoms. The van der Waals surface area contributed by atoms with Gasteiger partial charge in [0, 0.05) is 30.0 Å². The molecule has 1 aliphatic carbocycles. The molecule has 0 aromatic heterocycles. The van der Waals surface area contributed by atoms with E-state index in [2.05, 4.69) is 5.32 Å². The lowest BCUT2D eigenvalue weighted by Gasteiger charge is -2.19. The molecule has 0 heterocycles. The third kappa shape index (κ3) is 8.36. The first-order valence-corrected chi connectivity index (χ1v) is 13.2. The maximum Gasteiger partial charge on any atom is 0.417 e. The largest absolute Gasteiger partial charge is 0.417 e. The fraction of sp³-hybridized carbons (Fsp3) is 0.407. The molecular formula is C27H23Cl3F7NO2. The molecule has 3 rings (SSSR count). The molecule has 1 N–H and O–H groups in total. The fourth-order valence-electron chi connectivity index (χ4n) is 4.01. The summed E-state index contributed by atoms with van der Waals surface area (Å²) in [5.74, 6) is -6.16. The van der Waals surface area contributed by atoms with E-state index in [-0.39, 0.29) is 27.2 Å². The van der Waals surface area contributed by atoms with Crippen LogP contribution in [0.2, 0.25) is 15.1 Å². The number of nitrogens with one attached hydrogen (secondary N) is 1. The molecule has 1 aliphatic rings. The minimum absolute atomic E-state index is 0.0843. The van der Waals surface area contributed by atoms with E-state index in [1.165, 1.54) is 6.92 Å². The average molecular weight is 633 g/mol. The van der Waals surface area contributed by atoms with E-state index in [0.717, 1.165) is 37.5 Å². The van der Waals surface area contributed by atoms with Crippen LogP contribution in [0.15, 0.2) is 36.4 Å². The van der Waals surface area contributed by atoms with Crippen molar-refractivity contribution in [3.05, 3.63) is 73.7 Å². The highest BCUT2D eigenvalue weighted by atomic mass is 35.5. The molecule has 0 bridgehead atoms. The summed E-state index contributed by atoms with van der Waals surface area (Å²) in [6.07, 6.45) is -7.75. The predicted molar refractivity (Wildman–Crippen MR) is 139 cm³/mol. The Morgan fingerprint density at radius 3 is 2.15 bits per heavy atom. The predicted octanol–water partition coefficient (Wildman–Crippen LogP) is 9.45. The van der Waals surface area contributed by atoms with Gasteiger partial charge in [-0.1, -0.05) is 66.7 Å². The maximum absolute atomic E-state index is 15.0. The number of carbonyl (C=O) groups is 2. The highest BCUT2D eigenvalue weighted by molar-refractivity contribution is 6.48. The molecule has 13 heteroatoms. The summed E-state index contributed by atoms with van der Waals surface area (Å²) in [6, 6.07) is 3.36. The summed E-state index contributed by atoms with van der Waals surface area (Å²) < 4.78 is 98.0. The average Bonchev–Trinajstić information content (AvgIpc) is 3.68. The fourth-order valence-corrected chi connectivity index (χ4v) is 4.62. The standard InChI is InChI=1S/C27H23Cl3F7NO2/c1-13(25(40)38-7-6-14-2-3-14)8-23(39)17-5-4-15(9-19(17)27(35,36)37)22(31)12-18(26(32,33)34)16-10-20(28)24(30)21(29)11-16/h4-5,9-14,18H,2-3,6-8H2,1H3,(H,38,40)/b22-12-/t13-,18?/m0/s1. The first-order valence-electron chi connectivity index (χ1n) is 12.1. The van der Waals surface area contributed by atoms with Crippen LogP contribution in [0.4, 0.5) is 30.7 Å². The Morgan fingerprint density at radius 2 is 1.62 bits per heavy atom. The smallest absolute Gasteiger partial charge is 0.356 e. The Labute approximate surface area is 240 Å². The van der Waals surface area contributed by atoms with Crippen molar-refractivity contribution >= 4 is 52.3 Å². The summed E-state index contributed by atoms with van der Waals surface area (Å²) in [6.45, 7) is 1.78. The lowest BCUT2D eigenvalue weighted by molar-refractivity contribution is -0.140.